The molecule has 0 aromatic heterocycles. The van der Waals surface area contributed by atoms with Crippen LogP contribution >= 0.6 is 0 Å². The first-order chi connectivity index (χ1) is 15.5. The Morgan fingerprint density at radius 1 is 1.06 bits per heavy atom. The van der Waals surface area contributed by atoms with Gasteiger partial charge in [-0.05, 0) is 28.7 Å². The number of carbonyl (C=O) groups excluding carboxylic acids is 2. The van der Waals surface area contributed by atoms with Crippen LogP contribution < -0.4 is 10.6 Å². The molecule has 0 heterocycles. The summed E-state index contributed by atoms with van der Waals surface area (Å²) in [7, 11) is 0. The molecule has 2 aromatic rings. The van der Waals surface area contributed by atoms with Gasteiger partial charge in [0.15, 0.2) is 0 Å². The van der Waals surface area contributed by atoms with Crippen LogP contribution in [0.5, 0.6) is 0 Å². The van der Waals surface area contributed by atoms with E-state index >= 15 is 0 Å². The van der Waals surface area contributed by atoms with Crippen LogP contribution in [-0.4, -0.2) is 42.3 Å². The molecular formula is C25H28N2O5. The minimum absolute atomic E-state index is 0.0146. The van der Waals surface area contributed by atoms with Crippen molar-refractivity contribution < 1.29 is 24.2 Å². The molecule has 1 aliphatic carbocycles. The van der Waals surface area contributed by atoms with Crippen LogP contribution in [0.25, 0.3) is 11.1 Å². The quantitative estimate of drug-likeness (QED) is 0.491. The smallest absolute Gasteiger partial charge is 0.407 e. The highest BCUT2D eigenvalue weighted by Crippen LogP contribution is 2.44. The zero-order chi connectivity index (χ0) is 22.9. The fourth-order valence-corrected chi connectivity index (χ4v) is 3.99. The maximum absolute atomic E-state index is 12.1. The predicted molar refractivity (Wildman–Crippen MR) is 121 cm³/mol. The first-order valence-electron chi connectivity index (χ1n) is 10.8. The Balaban J connectivity index is 1.46. The maximum atomic E-state index is 12.1. The maximum Gasteiger partial charge on any atom is 0.407 e. The second-order valence-corrected chi connectivity index (χ2v) is 7.70. The Morgan fingerprint density at radius 3 is 2.28 bits per heavy atom. The van der Waals surface area contributed by atoms with Crippen LogP contribution in [0.2, 0.25) is 0 Å². The zero-order valence-electron chi connectivity index (χ0n) is 18.0. The zero-order valence-corrected chi connectivity index (χ0v) is 18.0. The van der Waals surface area contributed by atoms with Crippen LogP contribution in [0.3, 0.4) is 0 Å². The minimum Gasteiger partial charge on any atom is -0.481 e. The molecule has 2 aromatic carbocycles. The molecule has 0 fully saturated rings. The topological polar surface area (TPSA) is 105 Å². The Bertz CT molecular complexity index is 956. The van der Waals surface area contributed by atoms with E-state index in [1.54, 1.807) is 0 Å². The average molecular weight is 437 g/mol. The Labute approximate surface area is 187 Å². The van der Waals surface area contributed by atoms with Gasteiger partial charge in [-0.2, -0.15) is 0 Å². The van der Waals surface area contributed by atoms with Crippen molar-refractivity contribution in [1.82, 2.24) is 10.6 Å². The third-order valence-electron chi connectivity index (χ3n) is 5.38. The van der Waals surface area contributed by atoms with E-state index < -0.39 is 18.1 Å². The van der Waals surface area contributed by atoms with Gasteiger partial charge in [-0.15, -0.1) is 0 Å². The molecule has 3 rings (SSSR count). The summed E-state index contributed by atoms with van der Waals surface area (Å²) in [4.78, 5) is 34.9. The third kappa shape index (κ3) is 5.97. The molecule has 32 heavy (non-hydrogen) atoms. The predicted octanol–water partition coefficient (Wildman–Crippen LogP) is 3.84. The molecule has 7 nitrogen and oxygen atoms in total. The molecule has 1 atom stereocenters. The number of rotatable bonds is 10. The van der Waals surface area contributed by atoms with Crippen molar-refractivity contribution in [2.75, 3.05) is 13.2 Å². The Morgan fingerprint density at radius 2 is 1.69 bits per heavy atom. The molecule has 168 valence electrons. The van der Waals surface area contributed by atoms with Crippen LogP contribution in [0.15, 0.2) is 60.7 Å². The van der Waals surface area contributed by atoms with Crippen LogP contribution in [0.1, 0.15) is 43.2 Å². The number of fused-ring (bicyclic) bond motifs is 3. The van der Waals surface area contributed by atoms with Gasteiger partial charge in [0.05, 0.1) is 6.42 Å². The summed E-state index contributed by atoms with van der Waals surface area (Å²) in [5.41, 5.74) is 4.60. The number of nitrogens with one attached hydrogen (secondary N) is 2. The van der Waals surface area contributed by atoms with Crippen molar-refractivity contribution in [2.24, 2.45) is 0 Å². The lowest BCUT2D eigenvalue weighted by Gasteiger charge is -2.15. The Kier molecular flexibility index (Phi) is 8.02. The van der Waals surface area contributed by atoms with Crippen molar-refractivity contribution in [3.63, 3.8) is 0 Å². The van der Waals surface area contributed by atoms with E-state index in [0.29, 0.717) is 6.42 Å². The summed E-state index contributed by atoms with van der Waals surface area (Å²) in [5, 5.41) is 14.2. The fraction of sp³-hybridized carbons (Fsp3) is 0.320. The summed E-state index contributed by atoms with van der Waals surface area (Å²) in [5.74, 6) is -1.36. The summed E-state index contributed by atoms with van der Waals surface area (Å²) >= 11 is 0. The normalized spacial score (nSPS) is 13.3. The van der Waals surface area contributed by atoms with Gasteiger partial charge in [-0.25, -0.2) is 4.79 Å². The first kappa shape index (κ1) is 23.1. The lowest BCUT2D eigenvalue weighted by molar-refractivity contribution is -0.137. The van der Waals surface area contributed by atoms with Crippen LogP contribution in [-0.2, 0) is 14.3 Å². The Hall–Kier alpha value is -3.61. The molecule has 2 amide bonds. The summed E-state index contributed by atoms with van der Waals surface area (Å²) in [6.45, 7) is 2.27. The highest BCUT2D eigenvalue weighted by molar-refractivity contribution is 5.88. The van der Waals surface area contributed by atoms with E-state index in [2.05, 4.69) is 34.9 Å². The fourth-order valence-electron chi connectivity index (χ4n) is 3.99. The van der Waals surface area contributed by atoms with E-state index in [9.17, 15) is 14.4 Å². The second kappa shape index (κ2) is 11.1. The van der Waals surface area contributed by atoms with Gasteiger partial charge in [0.25, 0.3) is 0 Å². The van der Waals surface area contributed by atoms with E-state index in [1.807, 2.05) is 31.2 Å². The highest BCUT2D eigenvalue weighted by Gasteiger charge is 2.28. The van der Waals surface area contributed by atoms with Crippen molar-refractivity contribution in [3.05, 3.63) is 71.8 Å². The van der Waals surface area contributed by atoms with Crippen molar-refractivity contribution >= 4 is 18.0 Å². The SMILES string of the molecule is CCC[C@@H](CC(=O)O)NC(=O)/C=C/CNC(=O)OCC1c2ccccc2-c2ccccc21. The summed E-state index contributed by atoms with van der Waals surface area (Å²) < 4.78 is 5.44. The van der Waals surface area contributed by atoms with E-state index in [4.69, 9.17) is 9.84 Å². The number of alkyl carbamates (subject to hydrolysis) is 1. The molecule has 0 unspecified atom stereocenters. The second-order valence-electron chi connectivity index (χ2n) is 7.70. The van der Waals surface area contributed by atoms with E-state index in [-0.39, 0.29) is 31.4 Å². The monoisotopic (exact) mass is 436 g/mol. The summed E-state index contributed by atoms with van der Waals surface area (Å²) in [6, 6.07) is 15.8. The molecule has 0 spiro atoms. The minimum atomic E-state index is -0.954. The largest absolute Gasteiger partial charge is 0.481 e. The van der Waals surface area contributed by atoms with E-state index in [1.165, 1.54) is 12.2 Å². The van der Waals surface area contributed by atoms with Crippen LogP contribution in [0.4, 0.5) is 4.79 Å². The number of aliphatic carboxylic acids is 1. The molecule has 0 radical (unpaired) electrons. The number of carboxylic acid groups (broad SMARTS) is 1. The van der Waals surface area contributed by atoms with Crippen LogP contribution in [0, 0.1) is 0 Å². The van der Waals surface area contributed by atoms with Gasteiger partial charge in [-0.3, -0.25) is 9.59 Å². The van der Waals surface area contributed by atoms with Gasteiger partial charge in [0, 0.05) is 24.6 Å². The number of hydrogen-bond acceptors (Lipinski definition) is 4. The first-order valence-corrected chi connectivity index (χ1v) is 10.8. The molecule has 1 aliphatic rings. The lowest BCUT2D eigenvalue weighted by atomic mass is 9.98. The van der Waals surface area contributed by atoms with Gasteiger partial charge >= 0.3 is 12.1 Å². The lowest BCUT2D eigenvalue weighted by Crippen LogP contribution is -2.35. The van der Waals surface area contributed by atoms with E-state index in [0.717, 1.165) is 28.7 Å². The number of carbonyl (C=O) groups is 3. The average Bonchev–Trinajstić information content (AvgIpc) is 3.09. The molecule has 0 saturated carbocycles. The molecule has 0 saturated heterocycles. The number of benzene rings is 2. The van der Waals surface area contributed by atoms with Crippen molar-refractivity contribution in [2.45, 2.75) is 38.1 Å². The summed E-state index contributed by atoms with van der Waals surface area (Å²) in [6.07, 6.45) is 3.46. The third-order valence-corrected chi connectivity index (χ3v) is 5.38. The molecule has 0 aliphatic heterocycles. The molecular weight excluding hydrogens is 408 g/mol. The van der Waals surface area contributed by atoms with Gasteiger partial charge in [-0.1, -0.05) is 68.0 Å². The highest BCUT2D eigenvalue weighted by atomic mass is 16.5. The number of ether oxygens (including phenoxy) is 1. The number of carboxylic acids is 1. The van der Waals surface area contributed by atoms with Crippen molar-refractivity contribution in [1.29, 1.82) is 0 Å². The van der Waals surface area contributed by atoms with Gasteiger partial charge in [0.2, 0.25) is 5.91 Å². The molecule has 3 N–H and O–H groups in total. The molecule has 0 bridgehead atoms. The standard InChI is InChI=1S/C25H28N2O5/c1-2-8-17(15-24(29)30)27-23(28)13-7-14-26-25(31)32-16-22-20-11-5-3-9-18(20)19-10-4-6-12-21(19)22/h3-7,9-13,17,22H,2,8,14-16H2,1H3,(H,26,31)(H,27,28)(H,29,30)/b13-7+/t17-/m0/s1. The number of amides is 2. The molecule has 7 heteroatoms. The van der Waals surface area contributed by atoms with Crippen molar-refractivity contribution in [3.8, 4) is 11.1 Å². The van der Waals surface area contributed by atoms with Gasteiger partial charge in [0.1, 0.15) is 6.61 Å². The number of hydrogen-bond donors (Lipinski definition) is 3. The van der Waals surface area contributed by atoms with Gasteiger partial charge < -0.3 is 20.5 Å².